The number of likely N-dealkylation sites (tertiary alicyclic amines) is 1. The molecule has 1 aliphatic rings. The Morgan fingerprint density at radius 1 is 1.45 bits per heavy atom. The Kier molecular flexibility index (Phi) is 4.89. The van der Waals surface area contributed by atoms with E-state index in [1.165, 1.54) is 0 Å². The van der Waals surface area contributed by atoms with Crippen LogP contribution < -0.4 is 11.1 Å². The molecule has 2 unspecified atom stereocenters. The molecule has 6 heteroatoms. The zero-order valence-corrected chi connectivity index (χ0v) is 12.2. The minimum atomic E-state index is -0.199. The van der Waals surface area contributed by atoms with Crippen LogP contribution in [0.25, 0.3) is 0 Å². The molecular formula is C14H23N5O. The fraction of sp³-hybridized carbons (Fsp3) is 0.643. The number of hydrogen-bond acceptors (Lipinski definition) is 5. The number of nitrogens with one attached hydrogen (secondary N) is 1. The fourth-order valence-electron chi connectivity index (χ4n) is 2.55. The molecule has 0 saturated carbocycles. The molecule has 0 aliphatic carbocycles. The minimum Gasteiger partial charge on any atom is -0.369 e. The number of carbonyl (C=O) groups excluding carboxylic acids is 1. The van der Waals surface area contributed by atoms with E-state index in [2.05, 4.69) is 27.1 Å². The van der Waals surface area contributed by atoms with Crippen molar-refractivity contribution in [1.29, 1.82) is 0 Å². The summed E-state index contributed by atoms with van der Waals surface area (Å²) in [5.41, 5.74) is 6.34. The average Bonchev–Trinajstić information content (AvgIpc) is 2.43. The van der Waals surface area contributed by atoms with Crippen molar-refractivity contribution in [1.82, 2.24) is 14.9 Å². The van der Waals surface area contributed by atoms with Crippen molar-refractivity contribution in [3.05, 3.63) is 18.1 Å². The summed E-state index contributed by atoms with van der Waals surface area (Å²) in [6, 6.07) is 0.445. The second-order valence-electron chi connectivity index (χ2n) is 5.38. The number of aromatic nitrogens is 2. The Balaban J connectivity index is 1.98. The number of nitrogens with two attached hydrogens (primary N) is 1. The highest BCUT2D eigenvalue weighted by molar-refractivity contribution is 5.76. The van der Waals surface area contributed by atoms with Crippen molar-refractivity contribution in [2.24, 2.45) is 11.7 Å². The zero-order valence-electron chi connectivity index (χ0n) is 12.2. The molecule has 110 valence electrons. The van der Waals surface area contributed by atoms with Crippen molar-refractivity contribution >= 4 is 11.7 Å². The van der Waals surface area contributed by atoms with Crippen LogP contribution >= 0.6 is 0 Å². The lowest BCUT2D eigenvalue weighted by atomic mass is 9.93. The summed E-state index contributed by atoms with van der Waals surface area (Å²) in [7, 11) is 0. The molecule has 0 aromatic carbocycles. The fourth-order valence-corrected chi connectivity index (χ4v) is 2.55. The number of amides is 1. The van der Waals surface area contributed by atoms with Crippen molar-refractivity contribution in [3.63, 3.8) is 0 Å². The van der Waals surface area contributed by atoms with Gasteiger partial charge >= 0.3 is 0 Å². The molecule has 1 aromatic rings. The highest BCUT2D eigenvalue weighted by Gasteiger charge is 2.28. The molecule has 1 saturated heterocycles. The molecule has 2 heterocycles. The summed E-state index contributed by atoms with van der Waals surface area (Å²) >= 11 is 0. The number of carbonyl (C=O) groups is 1. The van der Waals surface area contributed by atoms with E-state index in [-0.39, 0.29) is 11.8 Å². The van der Waals surface area contributed by atoms with Gasteiger partial charge in [0.05, 0.1) is 24.0 Å². The number of hydrogen-bond donors (Lipinski definition) is 2. The molecule has 1 aliphatic heterocycles. The highest BCUT2D eigenvalue weighted by atomic mass is 16.1. The van der Waals surface area contributed by atoms with Crippen molar-refractivity contribution < 1.29 is 4.79 Å². The molecule has 20 heavy (non-hydrogen) atoms. The van der Waals surface area contributed by atoms with Gasteiger partial charge in [-0.05, 0) is 26.7 Å². The predicted molar refractivity (Wildman–Crippen MR) is 78.0 cm³/mol. The van der Waals surface area contributed by atoms with E-state index >= 15 is 0 Å². The normalized spacial score (nSPS) is 23.5. The van der Waals surface area contributed by atoms with Gasteiger partial charge in [0.1, 0.15) is 5.82 Å². The molecule has 0 bridgehead atoms. The summed E-state index contributed by atoms with van der Waals surface area (Å²) in [4.78, 5) is 22.3. The Morgan fingerprint density at radius 3 is 2.85 bits per heavy atom. The Labute approximate surface area is 119 Å². The second-order valence-corrected chi connectivity index (χ2v) is 5.38. The van der Waals surface area contributed by atoms with Crippen molar-refractivity contribution in [2.75, 3.05) is 18.4 Å². The minimum absolute atomic E-state index is 0.0415. The molecule has 1 fully saturated rings. The molecule has 3 N–H and O–H groups in total. The maximum absolute atomic E-state index is 11.3. The van der Waals surface area contributed by atoms with E-state index < -0.39 is 0 Å². The lowest BCUT2D eigenvalue weighted by Gasteiger charge is -2.36. The Bertz CT molecular complexity index is 447. The van der Waals surface area contributed by atoms with E-state index in [1.54, 1.807) is 12.4 Å². The summed E-state index contributed by atoms with van der Waals surface area (Å²) < 4.78 is 0. The first-order valence-electron chi connectivity index (χ1n) is 7.18. The first-order valence-corrected chi connectivity index (χ1v) is 7.18. The molecule has 0 spiro atoms. The van der Waals surface area contributed by atoms with E-state index in [9.17, 15) is 4.79 Å². The predicted octanol–water partition coefficient (Wildman–Crippen LogP) is 0.994. The zero-order chi connectivity index (χ0) is 14.5. The third kappa shape index (κ3) is 3.66. The van der Waals surface area contributed by atoms with Crippen LogP contribution in [0.4, 0.5) is 5.82 Å². The standard InChI is InChI=1S/C14H23N5O/c1-3-16-13-7-17-12(6-18-13)9-19-8-11(14(15)20)5-4-10(19)2/h6-7,10-11H,3-5,8-9H2,1-2H3,(H2,15,20)(H,16,18). The van der Waals surface area contributed by atoms with E-state index in [0.29, 0.717) is 19.1 Å². The largest absolute Gasteiger partial charge is 0.369 e. The number of primary amides is 1. The number of anilines is 1. The van der Waals surface area contributed by atoms with Crippen LogP contribution in [0.5, 0.6) is 0 Å². The van der Waals surface area contributed by atoms with Gasteiger partial charge in [0.15, 0.2) is 0 Å². The van der Waals surface area contributed by atoms with Crippen molar-refractivity contribution in [2.45, 2.75) is 39.3 Å². The van der Waals surface area contributed by atoms with E-state index in [0.717, 1.165) is 30.9 Å². The van der Waals surface area contributed by atoms with Gasteiger partial charge in [0.25, 0.3) is 0 Å². The van der Waals surface area contributed by atoms with Gasteiger partial charge in [-0.25, -0.2) is 4.98 Å². The van der Waals surface area contributed by atoms with Gasteiger partial charge in [0, 0.05) is 25.7 Å². The maximum Gasteiger partial charge on any atom is 0.221 e. The average molecular weight is 277 g/mol. The number of rotatable bonds is 5. The Hall–Kier alpha value is -1.69. The maximum atomic E-state index is 11.3. The van der Waals surface area contributed by atoms with E-state index in [1.807, 2.05) is 6.92 Å². The smallest absolute Gasteiger partial charge is 0.221 e. The Morgan fingerprint density at radius 2 is 2.25 bits per heavy atom. The molecule has 6 nitrogen and oxygen atoms in total. The first kappa shape index (κ1) is 14.7. The second kappa shape index (κ2) is 6.65. The molecule has 0 radical (unpaired) electrons. The van der Waals surface area contributed by atoms with Crippen LogP contribution in [0.3, 0.4) is 0 Å². The van der Waals surface area contributed by atoms with Crippen molar-refractivity contribution in [3.8, 4) is 0 Å². The summed E-state index contributed by atoms with van der Waals surface area (Å²) in [6.07, 6.45) is 5.42. The van der Waals surface area contributed by atoms with Gasteiger partial charge in [-0.1, -0.05) is 0 Å². The van der Waals surface area contributed by atoms with Crippen LogP contribution in [0, 0.1) is 5.92 Å². The summed E-state index contributed by atoms with van der Waals surface area (Å²) in [5, 5.41) is 3.12. The molecular weight excluding hydrogens is 254 g/mol. The summed E-state index contributed by atoms with van der Waals surface area (Å²) in [5.74, 6) is 0.550. The van der Waals surface area contributed by atoms with Crippen LogP contribution in [-0.2, 0) is 11.3 Å². The van der Waals surface area contributed by atoms with Gasteiger partial charge in [-0.3, -0.25) is 14.7 Å². The van der Waals surface area contributed by atoms with Crippen LogP contribution in [0.2, 0.25) is 0 Å². The van der Waals surface area contributed by atoms with Crippen LogP contribution in [0.15, 0.2) is 12.4 Å². The SMILES string of the molecule is CCNc1cnc(CN2CC(C(N)=O)CCC2C)cn1. The van der Waals surface area contributed by atoms with Gasteiger partial charge in [-0.15, -0.1) is 0 Å². The molecule has 1 amide bonds. The van der Waals surface area contributed by atoms with Gasteiger partial charge < -0.3 is 11.1 Å². The molecule has 2 atom stereocenters. The third-order valence-electron chi connectivity index (χ3n) is 3.84. The topological polar surface area (TPSA) is 84.1 Å². The van der Waals surface area contributed by atoms with Crippen LogP contribution in [-0.4, -0.2) is 39.9 Å². The monoisotopic (exact) mass is 277 g/mol. The number of nitrogens with zero attached hydrogens (tertiary/aromatic N) is 3. The summed E-state index contributed by atoms with van der Waals surface area (Å²) in [6.45, 7) is 6.46. The first-order chi connectivity index (χ1) is 9.60. The molecule has 1 aromatic heterocycles. The van der Waals surface area contributed by atoms with Gasteiger partial charge in [0.2, 0.25) is 5.91 Å². The van der Waals surface area contributed by atoms with Crippen LogP contribution in [0.1, 0.15) is 32.4 Å². The highest BCUT2D eigenvalue weighted by Crippen LogP contribution is 2.23. The lowest BCUT2D eigenvalue weighted by molar-refractivity contribution is -0.124. The quantitative estimate of drug-likeness (QED) is 0.838. The molecule has 2 rings (SSSR count). The van der Waals surface area contributed by atoms with E-state index in [4.69, 9.17) is 5.73 Å². The third-order valence-corrected chi connectivity index (χ3v) is 3.84. The van der Waals surface area contributed by atoms with Gasteiger partial charge in [-0.2, -0.15) is 0 Å². The number of piperidine rings is 1. The lowest BCUT2D eigenvalue weighted by Crippen LogP contribution is -2.45.